The summed E-state index contributed by atoms with van der Waals surface area (Å²) in [6.45, 7) is 5.72. The van der Waals surface area contributed by atoms with Gasteiger partial charge in [-0.25, -0.2) is 4.79 Å². The summed E-state index contributed by atoms with van der Waals surface area (Å²) in [5.74, 6) is 0.593. The van der Waals surface area contributed by atoms with Crippen molar-refractivity contribution in [3.05, 3.63) is 64.0 Å². The Labute approximate surface area is 150 Å². The fourth-order valence-corrected chi connectivity index (χ4v) is 3.54. The molecule has 3 aromatic rings. The molecule has 26 heavy (non-hydrogen) atoms. The van der Waals surface area contributed by atoms with Crippen LogP contribution in [0.25, 0.3) is 22.1 Å². The molecule has 1 aliphatic heterocycles. The van der Waals surface area contributed by atoms with Crippen LogP contribution in [0.5, 0.6) is 5.75 Å². The van der Waals surface area contributed by atoms with Gasteiger partial charge < -0.3 is 14.4 Å². The smallest absolute Gasteiger partial charge is 0.336 e. The number of hydrogen-bond donors (Lipinski definition) is 1. The predicted molar refractivity (Wildman–Crippen MR) is 100 cm³/mol. The quantitative estimate of drug-likeness (QED) is 0.399. The summed E-state index contributed by atoms with van der Waals surface area (Å²) in [5.41, 5.74) is 3.28. The van der Waals surface area contributed by atoms with Gasteiger partial charge in [-0.15, -0.1) is 0 Å². The van der Waals surface area contributed by atoms with Crippen molar-refractivity contribution in [2.45, 2.75) is 32.8 Å². The van der Waals surface area contributed by atoms with E-state index in [0.717, 1.165) is 27.6 Å². The zero-order valence-electron chi connectivity index (χ0n) is 14.9. The molecule has 1 aromatic heterocycles. The maximum absolute atomic E-state index is 12.2. The second kappa shape index (κ2) is 5.73. The highest BCUT2D eigenvalue weighted by atomic mass is 16.5. The first-order chi connectivity index (χ1) is 12.4. The van der Waals surface area contributed by atoms with Gasteiger partial charge >= 0.3 is 5.63 Å². The van der Waals surface area contributed by atoms with Gasteiger partial charge in [0.05, 0.1) is 5.71 Å². The molecule has 4 rings (SSSR count). The Morgan fingerprint density at radius 2 is 1.85 bits per heavy atom. The van der Waals surface area contributed by atoms with Gasteiger partial charge in [-0.1, -0.05) is 35.5 Å². The second-order valence-corrected chi connectivity index (χ2v) is 7.19. The lowest BCUT2D eigenvalue weighted by Crippen LogP contribution is -2.36. The van der Waals surface area contributed by atoms with E-state index in [1.54, 1.807) is 0 Å². The normalized spacial score (nSPS) is 17.1. The van der Waals surface area contributed by atoms with Gasteiger partial charge in [-0.05, 0) is 38.0 Å². The fourth-order valence-electron chi connectivity index (χ4n) is 3.54. The molecular weight excluding hydrogens is 330 g/mol. The molecule has 0 saturated heterocycles. The largest absolute Gasteiger partial charge is 0.486 e. The molecule has 0 radical (unpaired) electrons. The van der Waals surface area contributed by atoms with Gasteiger partial charge in [0.15, 0.2) is 0 Å². The molecule has 0 aliphatic carbocycles. The third-order valence-corrected chi connectivity index (χ3v) is 4.70. The molecule has 0 amide bonds. The minimum absolute atomic E-state index is 0.412. The average molecular weight is 349 g/mol. The topological polar surface area (TPSA) is 72.0 Å². The number of benzene rings is 2. The van der Waals surface area contributed by atoms with Gasteiger partial charge in [-0.3, -0.25) is 0 Å². The van der Waals surface area contributed by atoms with Crippen molar-refractivity contribution in [1.82, 2.24) is 0 Å². The SMILES string of the molecule is Cc1c2c(cc3c(-c4ccccc4)cc(=O)oc13)C(=NO)CC(C)(C)O2. The van der Waals surface area contributed by atoms with Crippen LogP contribution in [0.3, 0.4) is 0 Å². The molecule has 2 heterocycles. The highest BCUT2D eigenvalue weighted by molar-refractivity contribution is 6.09. The molecule has 0 unspecified atom stereocenters. The van der Waals surface area contributed by atoms with Gasteiger partial charge in [0.25, 0.3) is 0 Å². The first-order valence-corrected chi connectivity index (χ1v) is 8.47. The van der Waals surface area contributed by atoms with Crippen LogP contribution in [0.2, 0.25) is 0 Å². The number of ether oxygens (including phenoxy) is 1. The lowest BCUT2D eigenvalue weighted by Gasteiger charge is -2.34. The Morgan fingerprint density at radius 3 is 2.54 bits per heavy atom. The minimum Gasteiger partial charge on any atom is -0.486 e. The average Bonchev–Trinajstić information content (AvgIpc) is 2.62. The molecule has 5 heteroatoms. The minimum atomic E-state index is -0.510. The maximum atomic E-state index is 12.2. The lowest BCUT2D eigenvalue weighted by molar-refractivity contribution is 0.109. The van der Waals surface area contributed by atoms with Crippen molar-refractivity contribution in [3.63, 3.8) is 0 Å². The van der Waals surface area contributed by atoms with Gasteiger partial charge in [0.1, 0.15) is 16.9 Å². The first kappa shape index (κ1) is 16.4. The highest BCUT2D eigenvalue weighted by Gasteiger charge is 2.34. The number of nitrogens with zero attached hydrogens (tertiary/aromatic N) is 1. The van der Waals surface area contributed by atoms with Gasteiger partial charge in [0.2, 0.25) is 0 Å². The molecule has 0 bridgehead atoms. The monoisotopic (exact) mass is 349 g/mol. The van der Waals surface area contributed by atoms with Crippen LogP contribution in [0.4, 0.5) is 0 Å². The van der Waals surface area contributed by atoms with Crippen LogP contribution in [-0.2, 0) is 0 Å². The zero-order valence-corrected chi connectivity index (χ0v) is 14.9. The van der Waals surface area contributed by atoms with Crippen LogP contribution in [0.1, 0.15) is 31.4 Å². The molecule has 0 atom stereocenters. The number of fused-ring (bicyclic) bond motifs is 2. The van der Waals surface area contributed by atoms with Crippen molar-refractivity contribution < 1.29 is 14.4 Å². The third-order valence-electron chi connectivity index (χ3n) is 4.70. The number of oxime groups is 1. The van der Waals surface area contributed by atoms with Crippen molar-refractivity contribution in [1.29, 1.82) is 0 Å². The van der Waals surface area contributed by atoms with E-state index in [4.69, 9.17) is 9.15 Å². The summed E-state index contributed by atoms with van der Waals surface area (Å²) in [6.07, 6.45) is 0.485. The number of aryl methyl sites for hydroxylation is 1. The lowest BCUT2D eigenvalue weighted by atomic mass is 9.88. The Morgan fingerprint density at radius 1 is 1.12 bits per heavy atom. The van der Waals surface area contributed by atoms with Crippen LogP contribution < -0.4 is 10.4 Å². The fraction of sp³-hybridized carbons (Fsp3) is 0.238. The standard InChI is InChI=1S/C21H19NO4/c1-12-19-15(9-16-17(22-24)11-21(2,3)26-20(12)16)14(10-18(23)25-19)13-7-5-4-6-8-13/h4-10,24H,11H2,1-3H3. The third kappa shape index (κ3) is 2.56. The van der Waals surface area contributed by atoms with Crippen molar-refractivity contribution in [2.75, 3.05) is 0 Å². The summed E-state index contributed by atoms with van der Waals surface area (Å²) in [6, 6.07) is 13.0. The Balaban J connectivity index is 2.10. The van der Waals surface area contributed by atoms with E-state index in [-0.39, 0.29) is 0 Å². The predicted octanol–water partition coefficient (Wildman–Crippen LogP) is 4.51. The van der Waals surface area contributed by atoms with Gasteiger partial charge in [0, 0.05) is 29.0 Å². The van der Waals surface area contributed by atoms with Crippen molar-refractivity contribution in [2.24, 2.45) is 5.16 Å². The molecule has 1 N–H and O–H groups in total. The molecule has 132 valence electrons. The molecule has 0 saturated carbocycles. The number of hydrogen-bond acceptors (Lipinski definition) is 5. The summed E-state index contributed by atoms with van der Waals surface area (Å²) >= 11 is 0. The van der Waals surface area contributed by atoms with E-state index in [1.807, 2.05) is 57.2 Å². The molecule has 2 aromatic carbocycles. The van der Waals surface area contributed by atoms with E-state index in [9.17, 15) is 10.0 Å². The first-order valence-electron chi connectivity index (χ1n) is 8.47. The molecule has 0 fully saturated rings. The second-order valence-electron chi connectivity index (χ2n) is 7.19. The Hall–Kier alpha value is -3.08. The van der Waals surface area contributed by atoms with Crippen LogP contribution in [0.15, 0.2) is 56.8 Å². The molecule has 1 aliphatic rings. The van der Waals surface area contributed by atoms with Crippen LogP contribution in [-0.4, -0.2) is 16.5 Å². The van der Waals surface area contributed by atoms with Crippen LogP contribution in [0, 0.1) is 6.92 Å². The summed E-state index contributed by atoms with van der Waals surface area (Å²) in [7, 11) is 0. The van der Waals surface area contributed by atoms with E-state index in [1.165, 1.54) is 6.07 Å². The summed E-state index contributed by atoms with van der Waals surface area (Å²) < 4.78 is 11.6. The van der Waals surface area contributed by atoms with E-state index in [0.29, 0.717) is 23.5 Å². The summed E-state index contributed by atoms with van der Waals surface area (Å²) in [4.78, 5) is 12.2. The number of rotatable bonds is 1. The van der Waals surface area contributed by atoms with E-state index < -0.39 is 11.2 Å². The Kier molecular flexibility index (Phi) is 3.61. The van der Waals surface area contributed by atoms with E-state index >= 15 is 0 Å². The van der Waals surface area contributed by atoms with Crippen LogP contribution >= 0.6 is 0 Å². The Bertz CT molecular complexity index is 1090. The van der Waals surface area contributed by atoms with Crippen molar-refractivity contribution in [3.8, 4) is 16.9 Å². The van der Waals surface area contributed by atoms with E-state index in [2.05, 4.69) is 5.16 Å². The summed E-state index contributed by atoms with van der Waals surface area (Å²) in [5, 5.41) is 13.8. The highest BCUT2D eigenvalue weighted by Crippen LogP contribution is 2.41. The molecule has 5 nitrogen and oxygen atoms in total. The molecular formula is C21H19NO4. The molecule has 0 spiro atoms. The maximum Gasteiger partial charge on any atom is 0.336 e. The zero-order chi connectivity index (χ0) is 18.5. The van der Waals surface area contributed by atoms with Crippen molar-refractivity contribution >= 4 is 16.7 Å². The van der Waals surface area contributed by atoms with Gasteiger partial charge in [-0.2, -0.15) is 0 Å².